The summed E-state index contributed by atoms with van der Waals surface area (Å²) in [6.07, 6.45) is 9.47. The minimum absolute atomic E-state index is 0.0480. The van der Waals surface area contributed by atoms with E-state index < -0.39 is 0 Å². The highest BCUT2D eigenvalue weighted by Gasteiger charge is 2.42. The molecular formula is C31H26FN7OS. The molecule has 1 saturated carbocycles. The van der Waals surface area contributed by atoms with Crippen LogP contribution in [0.4, 0.5) is 15.9 Å². The Morgan fingerprint density at radius 3 is 2.76 bits per heavy atom. The van der Waals surface area contributed by atoms with E-state index >= 15 is 0 Å². The van der Waals surface area contributed by atoms with Crippen molar-refractivity contribution in [3.63, 3.8) is 0 Å². The van der Waals surface area contributed by atoms with E-state index in [0.717, 1.165) is 98.8 Å². The van der Waals surface area contributed by atoms with Crippen LogP contribution in [0.5, 0.6) is 0 Å². The van der Waals surface area contributed by atoms with Gasteiger partial charge in [-0.2, -0.15) is 4.39 Å². The maximum Gasteiger partial charge on any atom is 0.227 e. The highest BCUT2D eigenvalue weighted by molar-refractivity contribution is 7.14. The molecule has 1 saturated heterocycles. The number of halogens is 1. The fraction of sp³-hybridized carbons (Fsp3) is 0.258. The van der Waals surface area contributed by atoms with Crippen LogP contribution >= 0.6 is 11.3 Å². The molecule has 2 aliphatic heterocycles. The third-order valence-corrected chi connectivity index (χ3v) is 9.14. The molecule has 41 heavy (non-hydrogen) atoms. The molecule has 6 heterocycles. The van der Waals surface area contributed by atoms with Gasteiger partial charge in [0.05, 0.1) is 29.5 Å². The first-order chi connectivity index (χ1) is 20.0. The van der Waals surface area contributed by atoms with E-state index in [-0.39, 0.29) is 23.1 Å². The van der Waals surface area contributed by atoms with E-state index in [4.69, 9.17) is 15.0 Å². The average molecular weight is 564 g/mol. The van der Waals surface area contributed by atoms with Gasteiger partial charge in [-0.05, 0) is 49.6 Å². The van der Waals surface area contributed by atoms with Gasteiger partial charge in [0.1, 0.15) is 17.7 Å². The van der Waals surface area contributed by atoms with E-state index in [0.29, 0.717) is 11.5 Å². The Balaban J connectivity index is 1.17. The maximum absolute atomic E-state index is 13.9. The van der Waals surface area contributed by atoms with Crippen LogP contribution in [0.25, 0.3) is 32.6 Å². The Hall–Kier alpha value is -4.44. The molecule has 8 rings (SSSR count). The van der Waals surface area contributed by atoms with Gasteiger partial charge >= 0.3 is 0 Å². The smallest absolute Gasteiger partial charge is 0.227 e. The van der Waals surface area contributed by atoms with Crippen molar-refractivity contribution in [3.05, 3.63) is 77.1 Å². The summed E-state index contributed by atoms with van der Waals surface area (Å²) in [7, 11) is 0. The Morgan fingerprint density at radius 1 is 1.07 bits per heavy atom. The number of rotatable bonds is 5. The van der Waals surface area contributed by atoms with Crippen LogP contribution in [0.2, 0.25) is 0 Å². The van der Waals surface area contributed by atoms with Gasteiger partial charge in [-0.25, -0.2) is 9.97 Å². The van der Waals surface area contributed by atoms with Crippen LogP contribution in [0.1, 0.15) is 42.6 Å². The highest BCUT2D eigenvalue weighted by atomic mass is 32.1. The van der Waals surface area contributed by atoms with E-state index in [1.807, 2.05) is 31.3 Å². The second kappa shape index (κ2) is 9.31. The number of hydrogen-bond acceptors (Lipinski definition) is 7. The summed E-state index contributed by atoms with van der Waals surface area (Å²) < 4.78 is 13.9. The number of nitrogens with one attached hydrogen (secondary N) is 2. The summed E-state index contributed by atoms with van der Waals surface area (Å²) in [5.41, 5.74) is 7.71. The van der Waals surface area contributed by atoms with Gasteiger partial charge in [-0.15, -0.1) is 11.3 Å². The SMILES string of the molecule is Cc1ccc(-c2ccc(F)s2)c2[nH]c(C3=NC4CN4c4ncc(-c5cncc(NC(=O)C6CCCC6)c5)cc43)nc12. The molecule has 2 fully saturated rings. The Bertz CT molecular complexity index is 1890. The average Bonchev–Trinajstić information content (AvgIpc) is 3.35. The summed E-state index contributed by atoms with van der Waals surface area (Å²) in [6.45, 7) is 2.84. The van der Waals surface area contributed by atoms with Crippen molar-refractivity contribution in [2.45, 2.75) is 38.8 Å². The van der Waals surface area contributed by atoms with E-state index in [1.54, 1.807) is 18.5 Å². The van der Waals surface area contributed by atoms with Gasteiger partial charge < -0.3 is 15.2 Å². The van der Waals surface area contributed by atoms with Gasteiger partial charge in [-0.1, -0.05) is 25.0 Å². The quantitative estimate of drug-likeness (QED) is 0.244. The molecular weight excluding hydrogens is 537 g/mol. The standard InChI is InChI=1S/C31H26FN7OS/c1-16-6-7-21(23-8-9-24(32)41-23)27-26(16)37-29(38-27)28-22-11-19(13-34-30(22)39-15-25(39)36-28)18-10-20(14-33-12-18)35-31(40)17-4-2-3-5-17/h6-14,17,25H,2-5,15H2,1H3,(H,35,40)(H,37,38). The number of fused-ring (bicyclic) bond motifs is 4. The number of nitrogens with zero attached hydrogens (tertiary/aromatic N) is 5. The van der Waals surface area contributed by atoms with Gasteiger partial charge in [0, 0.05) is 45.4 Å². The van der Waals surface area contributed by atoms with E-state index in [1.165, 1.54) is 6.07 Å². The molecule has 204 valence electrons. The summed E-state index contributed by atoms with van der Waals surface area (Å²) in [4.78, 5) is 38.5. The Labute approximate surface area is 239 Å². The summed E-state index contributed by atoms with van der Waals surface area (Å²) in [6, 6.07) is 11.3. The minimum atomic E-state index is -0.219. The van der Waals surface area contributed by atoms with E-state index in [2.05, 4.69) is 26.3 Å². The number of H-pyrrole nitrogens is 1. The molecule has 10 heteroatoms. The van der Waals surface area contributed by atoms with Gasteiger partial charge in [-0.3, -0.25) is 14.8 Å². The Kier molecular flexibility index (Phi) is 5.53. The topological polar surface area (TPSA) is 98.9 Å². The zero-order valence-corrected chi connectivity index (χ0v) is 23.1. The van der Waals surface area contributed by atoms with Crippen molar-refractivity contribution in [2.24, 2.45) is 10.9 Å². The molecule has 3 aliphatic rings. The van der Waals surface area contributed by atoms with Gasteiger partial charge in [0.25, 0.3) is 0 Å². The first-order valence-corrected chi connectivity index (χ1v) is 14.7. The minimum Gasteiger partial charge on any atom is -0.336 e. The maximum atomic E-state index is 13.9. The van der Waals surface area contributed by atoms with Crippen LogP contribution in [-0.2, 0) is 4.79 Å². The number of hydrogen-bond donors (Lipinski definition) is 2. The first kappa shape index (κ1) is 24.4. The van der Waals surface area contributed by atoms with Crippen LogP contribution < -0.4 is 10.2 Å². The second-order valence-corrected chi connectivity index (χ2v) is 12.0. The van der Waals surface area contributed by atoms with Crippen LogP contribution in [0.15, 0.2) is 60.0 Å². The second-order valence-electron chi connectivity index (χ2n) is 11.0. The normalized spacial score (nSPS) is 17.9. The number of carbonyl (C=O) groups is 1. The Morgan fingerprint density at radius 2 is 1.93 bits per heavy atom. The summed E-state index contributed by atoms with van der Waals surface area (Å²) >= 11 is 1.12. The first-order valence-electron chi connectivity index (χ1n) is 13.9. The summed E-state index contributed by atoms with van der Waals surface area (Å²) in [5, 5.41) is 2.83. The largest absolute Gasteiger partial charge is 0.336 e. The zero-order valence-electron chi connectivity index (χ0n) is 22.3. The van der Waals surface area contributed by atoms with Crippen LogP contribution in [0.3, 0.4) is 0 Å². The zero-order chi connectivity index (χ0) is 27.7. The molecule has 1 aliphatic carbocycles. The molecule has 1 atom stereocenters. The lowest BCUT2D eigenvalue weighted by Gasteiger charge is -2.17. The number of aromatic nitrogens is 4. The molecule has 1 unspecified atom stereocenters. The molecule has 8 nitrogen and oxygen atoms in total. The number of pyridine rings is 2. The van der Waals surface area contributed by atoms with Crippen molar-refractivity contribution in [2.75, 3.05) is 16.8 Å². The number of aliphatic imine (C=N–C) groups is 1. The lowest BCUT2D eigenvalue weighted by Crippen LogP contribution is -2.20. The number of carbonyl (C=O) groups excluding carboxylic acids is 1. The fourth-order valence-corrected chi connectivity index (χ4v) is 6.75. The van der Waals surface area contributed by atoms with Crippen molar-refractivity contribution in [3.8, 4) is 21.6 Å². The number of aromatic amines is 1. The monoisotopic (exact) mass is 563 g/mol. The molecule has 0 spiro atoms. The molecule has 0 radical (unpaired) electrons. The predicted octanol–water partition coefficient (Wildman–Crippen LogP) is 6.32. The number of anilines is 2. The summed E-state index contributed by atoms with van der Waals surface area (Å²) in [5.74, 6) is 1.68. The highest BCUT2D eigenvalue weighted by Crippen LogP contribution is 2.40. The van der Waals surface area contributed by atoms with E-state index in [9.17, 15) is 9.18 Å². The molecule has 2 N–H and O–H groups in total. The van der Waals surface area contributed by atoms with Gasteiger partial charge in [0.2, 0.25) is 5.91 Å². The lowest BCUT2D eigenvalue weighted by molar-refractivity contribution is -0.119. The molecule has 1 aromatic carbocycles. The number of benzene rings is 1. The number of imidazole rings is 1. The molecule has 4 aromatic heterocycles. The molecule has 1 amide bonds. The number of thiophene rings is 1. The van der Waals surface area contributed by atoms with Crippen molar-refractivity contribution < 1.29 is 9.18 Å². The predicted molar refractivity (Wildman–Crippen MR) is 159 cm³/mol. The van der Waals surface area contributed by atoms with Crippen molar-refractivity contribution >= 4 is 45.5 Å². The fourth-order valence-electron chi connectivity index (χ4n) is 5.99. The third-order valence-electron chi connectivity index (χ3n) is 8.23. The van der Waals surface area contributed by atoms with Crippen molar-refractivity contribution in [1.82, 2.24) is 19.9 Å². The molecule has 0 bridgehead atoms. The number of aryl methyl sites for hydroxylation is 1. The lowest BCUT2D eigenvalue weighted by atomic mass is 10.0. The molecule has 5 aromatic rings. The van der Waals surface area contributed by atoms with Crippen molar-refractivity contribution in [1.29, 1.82) is 0 Å². The van der Waals surface area contributed by atoms with Crippen LogP contribution in [0, 0.1) is 18.0 Å². The van der Waals surface area contributed by atoms with Gasteiger partial charge in [0.15, 0.2) is 11.0 Å². The third kappa shape index (κ3) is 4.21. The van der Waals surface area contributed by atoms with Crippen LogP contribution in [-0.4, -0.2) is 44.3 Å². The number of amides is 1.